The smallest absolute Gasteiger partial charge is 0.0696 e. The van der Waals surface area contributed by atoms with Gasteiger partial charge in [0, 0.05) is 13.2 Å². The van der Waals surface area contributed by atoms with Crippen LogP contribution in [-0.4, -0.2) is 25.3 Å². The van der Waals surface area contributed by atoms with Crippen LogP contribution in [0, 0.1) is 0 Å². The lowest BCUT2D eigenvalue weighted by molar-refractivity contribution is -0.0815. The lowest BCUT2D eigenvalue weighted by atomic mass is 9.74. The highest BCUT2D eigenvalue weighted by Crippen LogP contribution is 2.40. The van der Waals surface area contributed by atoms with Crippen molar-refractivity contribution in [2.75, 3.05) is 13.7 Å². The van der Waals surface area contributed by atoms with Crippen molar-refractivity contribution in [1.29, 1.82) is 0 Å². The van der Waals surface area contributed by atoms with E-state index in [1.54, 1.807) is 5.57 Å². The van der Waals surface area contributed by atoms with Crippen molar-refractivity contribution in [1.82, 2.24) is 5.32 Å². The molecule has 2 aliphatic rings. The van der Waals surface area contributed by atoms with E-state index in [1.165, 1.54) is 70.6 Å². The van der Waals surface area contributed by atoms with Gasteiger partial charge in [-0.05, 0) is 64.3 Å². The number of hydrogen-bond donors (Lipinski definition) is 1. The van der Waals surface area contributed by atoms with Crippen LogP contribution in [-0.2, 0) is 4.74 Å². The molecule has 0 radical (unpaired) electrons. The molecule has 2 nitrogen and oxygen atoms in total. The van der Waals surface area contributed by atoms with Crippen molar-refractivity contribution in [3.05, 3.63) is 11.6 Å². The van der Waals surface area contributed by atoms with Gasteiger partial charge >= 0.3 is 0 Å². The Morgan fingerprint density at radius 3 is 2.65 bits per heavy atom. The highest BCUT2D eigenvalue weighted by Gasteiger charge is 2.39. The number of methoxy groups -OCH3 is 1. The molecule has 1 N–H and O–H groups in total. The number of rotatable bonds is 7. The molecule has 0 saturated heterocycles. The summed E-state index contributed by atoms with van der Waals surface area (Å²) in [6.45, 7) is 3.38. The average molecular weight is 279 g/mol. The molecule has 2 aliphatic carbocycles. The van der Waals surface area contributed by atoms with E-state index in [4.69, 9.17) is 4.74 Å². The molecule has 1 atom stereocenters. The van der Waals surface area contributed by atoms with Crippen molar-refractivity contribution in [3.8, 4) is 0 Å². The van der Waals surface area contributed by atoms with Crippen LogP contribution < -0.4 is 5.32 Å². The molecular formula is C18H33NO. The van der Waals surface area contributed by atoms with Crippen LogP contribution in [0.15, 0.2) is 11.6 Å². The monoisotopic (exact) mass is 279 g/mol. The van der Waals surface area contributed by atoms with Gasteiger partial charge in [-0.1, -0.05) is 31.4 Å². The molecular weight excluding hydrogens is 246 g/mol. The molecule has 1 unspecified atom stereocenters. The zero-order chi connectivity index (χ0) is 14.3. The van der Waals surface area contributed by atoms with Gasteiger partial charge in [-0.2, -0.15) is 0 Å². The van der Waals surface area contributed by atoms with Gasteiger partial charge in [0.1, 0.15) is 0 Å². The summed E-state index contributed by atoms with van der Waals surface area (Å²) in [6.07, 6.45) is 16.9. The van der Waals surface area contributed by atoms with Crippen LogP contribution in [0.5, 0.6) is 0 Å². The summed E-state index contributed by atoms with van der Waals surface area (Å²) in [5, 5.41) is 3.80. The molecule has 2 rings (SSSR count). The Hall–Kier alpha value is -0.340. The minimum absolute atomic E-state index is 0.175. The summed E-state index contributed by atoms with van der Waals surface area (Å²) < 4.78 is 5.86. The van der Waals surface area contributed by atoms with Gasteiger partial charge in [0.15, 0.2) is 0 Å². The van der Waals surface area contributed by atoms with E-state index in [0.29, 0.717) is 6.04 Å². The van der Waals surface area contributed by atoms with E-state index in [9.17, 15) is 0 Å². The van der Waals surface area contributed by atoms with Crippen LogP contribution in [0.25, 0.3) is 0 Å². The van der Waals surface area contributed by atoms with E-state index in [-0.39, 0.29) is 5.60 Å². The van der Waals surface area contributed by atoms with Gasteiger partial charge in [0.25, 0.3) is 0 Å². The standard InChI is InChI=1S/C18H33NO/c1-3-14-19-17(15-18(20-2)12-9-13-18)16-10-7-5-4-6-8-11-16/h10,17,19H,3-9,11-15H2,1-2H3. The second-order valence-corrected chi connectivity index (χ2v) is 6.68. The molecule has 1 fully saturated rings. The van der Waals surface area contributed by atoms with Gasteiger partial charge in [0.2, 0.25) is 0 Å². The van der Waals surface area contributed by atoms with Crippen LogP contribution in [0.1, 0.15) is 77.6 Å². The van der Waals surface area contributed by atoms with Gasteiger partial charge in [-0.15, -0.1) is 0 Å². The van der Waals surface area contributed by atoms with Crippen LogP contribution in [0.4, 0.5) is 0 Å². The van der Waals surface area contributed by atoms with E-state index < -0.39 is 0 Å². The predicted octanol–water partition coefficient (Wildman–Crippen LogP) is 4.59. The Morgan fingerprint density at radius 1 is 1.20 bits per heavy atom. The normalized spacial score (nSPS) is 24.2. The maximum atomic E-state index is 5.86. The number of allylic oxidation sites excluding steroid dienone is 1. The fourth-order valence-corrected chi connectivity index (χ4v) is 3.62. The van der Waals surface area contributed by atoms with Crippen molar-refractivity contribution in [2.45, 2.75) is 89.2 Å². The highest BCUT2D eigenvalue weighted by atomic mass is 16.5. The first-order valence-corrected chi connectivity index (χ1v) is 8.77. The largest absolute Gasteiger partial charge is 0.378 e. The zero-order valence-electron chi connectivity index (χ0n) is 13.5. The Bertz CT molecular complexity index is 301. The number of ether oxygens (including phenoxy) is 1. The molecule has 0 aromatic rings. The van der Waals surface area contributed by atoms with E-state index >= 15 is 0 Å². The minimum atomic E-state index is 0.175. The lowest BCUT2D eigenvalue weighted by Crippen LogP contribution is -2.46. The molecule has 0 aromatic heterocycles. The molecule has 0 heterocycles. The first-order chi connectivity index (χ1) is 9.79. The minimum Gasteiger partial charge on any atom is -0.378 e. The number of nitrogens with one attached hydrogen (secondary N) is 1. The Labute approximate surface area is 125 Å². The first-order valence-electron chi connectivity index (χ1n) is 8.77. The second-order valence-electron chi connectivity index (χ2n) is 6.68. The lowest BCUT2D eigenvalue weighted by Gasteiger charge is -2.43. The fourth-order valence-electron chi connectivity index (χ4n) is 3.62. The average Bonchev–Trinajstić information content (AvgIpc) is 2.38. The summed E-state index contributed by atoms with van der Waals surface area (Å²) in [5.74, 6) is 0. The Morgan fingerprint density at radius 2 is 2.00 bits per heavy atom. The van der Waals surface area contributed by atoms with E-state index in [2.05, 4.69) is 18.3 Å². The Kier molecular flexibility index (Phi) is 6.57. The van der Waals surface area contributed by atoms with E-state index in [1.807, 2.05) is 7.11 Å². The maximum absolute atomic E-state index is 5.86. The molecule has 0 spiro atoms. The topological polar surface area (TPSA) is 21.3 Å². The molecule has 2 heteroatoms. The quantitative estimate of drug-likeness (QED) is 0.688. The van der Waals surface area contributed by atoms with Crippen LogP contribution >= 0.6 is 0 Å². The third-order valence-electron chi connectivity index (χ3n) is 5.19. The van der Waals surface area contributed by atoms with Crippen molar-refractivity contribution in [2.24, 2.45) is 0 Å². The summed E-state index contributed by atoms with van der Waals surface area (Å²) in [4.78, 5) is 0. The number of hydrogen-bond acceptors (Lipinski definition) is 2. The van der Waals surface area contributed by atoms with Crippen molar-refractivity contribution in [3.63, 3.8) is 0 Å². The van der Waals surface area contributed by atoms with Crippen LogP contribution in [0.2, 0.25) is 0 Å². The SMILES string of the molecule is CCCNC(CC1(OC)CCC1)C1=CCCCCCC1. The third kappa shape index (κ3) is 4.33. The van der Waals surface area contributed by atoms with Crippen LogP contribution in [0.3, 0.4) is 0 Å². The summed E-state index contributed by atoms with van der Waals surface area (Å²) in [6, 6.07) is 0.549. The second kappa shape index (κ2) is 8.19. The predicted molar refractivity (Wildman–Crippen MR) is 86.1 cm³/mol. The summed E-state index contributed by atoms with van der Waals surface area (Å²) in [5.41, 5.74) is 1.84. The molecule has 0 amide bonds. The van der Waals surface area contributed by atoms with Gasteiger partial charge < -0.3 is 10.1 Å². The maximum Gasteiger partial charge on any atom is 0.0696 e. The zero-order valence-corrected chi connectivity index (χ0v) is 13.5. The van der Waals surface area contributed by atoms with Gasteiger partial charge in [-0.3, -0.25) is 0 Å². The molecule has 1 saturated carbocycles. The van der Waals surface area contributed by atoms with Crippen molar-refractivity contribution >= 4 is 0 Å². The fraction of sp³-hybridized carbons (Fsp3) is 0.889. The van der Waals surface area contributed by atoms with Gasteiger partial charge in [0.05, 0.1) is 5.60 Å². The van der Waals surface area contributed by atoms with Gasteiger partial charge in [-0.25, -0.2) is 0 Å². The molecule has 0 bridgehead atoms. The molecule has 0 aliphatic heterocycles. The van der Waals surface area contributed by atoms with Crippen molar-refractivity contribution < 1.29 is 4.74 Å². The highest BCUT2D eigenvalue weighted by molar-refractivity contribution is 5.14. The van der Waals surface area contributed by atoms with E-state index in [0.717, 1.165) is 6.54 Å². The molecule has 0 aromatic carbocycles. The first kappa shape index (κ1) is 16.0. The summed E-state index contributed by atoms with van der Waals surface area (Å²) >= 11 is 0. The summed E-state index contributed by atoms with van der Waals surface area (Å²) in [7, 11) is 1.91. The Balaban J connectivity index is 2.00. The third-order valence-corrected chi connectivity index (χ3v) is 5.19. The molecule has 20 heavy (non-hydrogen) atoms. The molecule has 116 valence electrons.